The molecule has 0 atom stereocenters. The number of H-pyrrole nitrogens is 1. The second kappa shape index (κ2) is 6.46. The van der Waals surface area contributed by atoms with Gasteiger partial charge in [-0.15, -0.1) is 0 Å². The Morgan fingerprint density at radius 1 is 1.44 bits per heavy atom. The first-order valence-corrected chi connectivity index (χ1v) is 6.23. The Labute approximate surface area is 106 Å². The lowest BCUT2D eigenvalue weighted by atomic mass is 10.3. The number of anilines is 1. The molecule has 1 aromatic rings. The van der Waals surface area contributed by atoms with E-state index in [0.717, 1.165) is 45.8 Å². The summed E-state index contributed by atoms with van der Waals surface area (Å²) in [5, 5.41) is 9.30. The summed E-state index contributed by atoms with van der Waals surface area (Å²) < 4.78 is 5.29. The zero-order valence-corrected chi connectivity index (χ0v) is 10.6. The van der Waals surface area contributed by atoms with Crippen LogP contribution in [0.15, 0.2) is 4.79 Å². The zero-order chi connectivity index (χ0) is 12.8. The van der Waals surface area contributed by atoms with Crippen LogP contribution in [0.3, 0.4) is 0 Å². The van der Waals surface area contributed by atoms with Gasteiger partial charge in [-0.25, -0.2) is 9.89 Å². The molecule has 0 unspecified atom stereocenters. The molecule has 1 saturated heterocycles. The van der Waals surface area contributed by atoms with Gasteiger partial charge in [-0.3, -0.25) is 4.90 Å². The number of nitrogens with one attached hydrogen (secondary N) is 2. The van der Waals surface area contributed by atoms with Gasteiger partial charge in [0.2, 0.25) is 0 Å². The van der Waals surface area contributed by atoms with Crippen molar-refractivity contribution in [2.45, 2.75) is 13.3 Å². The first kappa shape index (κ1) is 13.0. The van der Waals surface area contributed by atoms with Gasteiger partial charge in [0.15, 0.2) is 5.82 Å². The Bertz CT molecular complexity index is 428. The number of aryl methyl sites for hydroxylation is 1. The van der Waals surface area contributed by atoms with Crippen molar-refractivity contribution in [3.63, 3.8) is 0 Å². The third-order valence-corrected chi connectivity index (χ3v) is 2.92. The highest BCUT2D eigenvalue weighted by Crippen LogP contribution is 2.03. The highest BCUT2D eigenvalue weighted by Gasteiger charge is 2.09. The van der Waals surface area contributed by atoms with Gasteiger partial charge < -0.3 is 10.1 Å². The SMILES string of the molecule is Cc1n[nH]c(=O)nc1NCCCN1CCOCC1. The molecule has 0 saturated carbocycles. The second-order valence-electron chi connectivity index (χ2n) is 4.31. The molecule has 2 heterocycles. The minimum absolute atomic E-state index is 0.420. The van der Waals surface area contributed by atoms with Crippen molar-refractivity contribution in [2.24, 2.45) is 0 Å². The molecule has 0 radical (unpaired) electrons. The normalized spacial score (nSPS) is 16.7. The van der Waals surface area contributed by atoms with Crippen molar-refractivity contribution in [1.82, 2.24) is 20.1 Å². The molecule has 2 N–H and O–H groups in total. The molecule has 0 spiro atoms. The van der Waals surface area contributed by atoms with Crippen molar-refractivity contribution in [1.29, 1.82) is 0 Å². The molecule has 100 valence electrons. The average molecular weight is 253 g/mol. The Morgan fingerprint density at radius 2 is 2.22 bits per heavy atom. The lowest BCUT2D eigenvalue weighted by Gasteiger charge is -2.26. The number of ether oxygens (including phenoxy) is 1. The van der Waals surface area contributed by atoms with Crippen molar-refractivity contribution in [2.75, 3.05) is 44.7 Å². The minimum atomic E-state index is -0.420. The van der Waals surface area contributed by atoms with Gasteiger partial charge in [0.05, 0.1) is 13.2 Å². The third-order valence-electron chi connectivity index (χ3n) is 2.92. The van der Waals surface area contributed by atoms with Crippen LogP contribution >= 0.6 is 0 Å². The Kier molecular flexibility index (Phi) is 4.66. The van der Waals surface area contributed by atoms with E-state index in [4.69, 9.17) is 4.74 Å². The fourth-order valence-electron chi connectivity index (χ4n) is 1.89. The van der Waals surface area contributed by atoms with E-state index < -0.39 is 5.69 Å². The van der Waals surface area contributed by atoms with E-state index >= 15 is 0 Å². The number of hydrogen-bond acceptors (Lipinski definition) is 6. The van der Waals surface area contributed by atoms with Gasteiger partial charge in [-0.1, -0.05) is 0 Å². The molecule has 2 rings (SSSR count). The predicted octanol–water partition coefficient (Wildman–Crippen LogP) is -0.392. The molecule has 1 fully saturated rings. The summed E-state index contributed by atoms with van der Waals surface area (Å²) >= 11 is 0. The highest BCUT2D eigenvalue weighted by molar-refractivity contribution is 5.37. The molecule has 18 heavy (non-hydrogen) atoms. The van der Waals surface area contributed by atoms with Gasteiger partial charge in [0, 0.05) is 19.6 Å². The molecular formula is C11H19N5O2. The van der Waals surface area contributed by atoms with Crippen LogP contribution in [-0.2, 0) is 4.74 Å². The predicted molar refractivity (Wildman–Crippen MR) is 67.8 cm³/mol. The van der Waals surface area contributed by atoms with E-state index in [-0.39, 0.29) is 0 Å². The summed E-state index contributed by atoms with van der Waals surface area (Å²) in [6, 6.07) is 0. The number of aromatic nitrogens is 3. The van der Waals surface area contributed by atoms with E-state index in [1.165, 1.54) is 0 Å². The number of hydrogen-bond donors (Lipinski definition) is 2. The van der Waals surface area contributed by atoms with Gasteiger partial charge in [-0.05, 0) is 19.9 Å². The van der Waals surface area contributed by atoms with Crippen LogP contribution in [0.25, 0.3) is 0 Å². The van der Waals surface area contributed by atoms with Gasteiger partial charge in [-0.2, -0.15) is 10.1 Å². The average Bonchev–Trinajstić information content (AvgIpc) is 2.40. The minimum Gasteiger partial charge on any atom is -0.379 e. The first-order chi connectivity index (χ1) is 8.75. The summed E-state index contributed by atoms with van der Waals surface area (Å²) in [4.78, 5) is 17.2. The van der Waals surface area contributed by atoms with E-state index in [0.29, 0.717) is 11.5 Å². The lowest BCUT2D eigenvalue weighted by Crippen LogP contribution is -2.37. The molecule has 7 nitrogen and oxygen atoms in total. The molecule has 0 aromatic carbocycles. The smallest absolute Gasteiger partial charge is 0.363 e. The largest absolute Gasteiger partial charge is 0.379 e. The van der Waals surface area contributed by atoms with Crippen LogP contribution in [0.2, 0.25) is 0 Å². The van der Waals surface area contributed by atoms with Crippen LogP contribution < -0.4 is 11.0 Å². The molecule has 0 bridgehead atoms. The molecule has 1 aromatic heterocycles. The lowest BCUT2D eigenvalue weighted by molar-refractivity contribution is 0.0378. The maximum absolute atomic E-state index is 11.0. The maximum Gasteiger partial charge on any atom is 0.363 e. The maximum atomic E-state index is 11.0. The standard InChI is InChI=1S/C11H19N5O2/c1-9-10(13-11(17)15-14-9)12-3-2-4-16-5-7-18-8-6-16/h2-8H2,1H3,(H2,12,13,15,17). The van der Waals surface area contributed by atoms with Crippen molar-refractivity contribution < 1.29 is 4.74 Å². The highest BCUT2D eigenvalue weighted by atomic mass is 16.5. The first-order valence-electron chi connectivity index (χ1n) is 6.23. The molecule has 7 heteroatoms. The quantitative estimate of drug-likeness (QED) is 0.695. The van der Waals surface area contributed by atoms with Gasteiger partial charge in [0.25, 0.3) is 0 Å². The van der Waals surface area contributed by atoms with Crippen molar-refractivity contribution in [3.05, 3.63) is 16.2 Å². The Balaban J connectivity index is 1.71. The fourth-order valence-corrected chi connectivity index (χ4v) is 1.89. The summed E-state index contributed by atoms with van der Waals surface area (Å²) in [7, 11) is 0. The number of rotatable bonds is 5. The Hall–Kier alpha value is -1.47. The van der Waals surface area contributed by atoms with Crippen molar-refractivity contribution in [3.8, 4) is 0 Å². The van der Waals surface area contributed by atoms with Crippen LogP contribution in [0.5, 0.6) is 0 Å². The molecular weight excluding hydrogens is 234 g/mol. The summed E-state index contributed by atoms with van der Waals surface area (Å²) in [5.41, 5.74) is 0.289. The van der Waals surface area contributed by atoms with Gasteiger partial charge >= 0.3 is 5.69 Å². The Morgan fingerprint density at radius 3 is 3.00 bits per heavy atom. The molecule has 0 amide bonds. The van der Waals surface area contributed by atoms with Crippen molar-refractivity contribution >= 4 is 5.82 Å². The van der Waals surface area contributed by atoms with E-state index in [1.54, 1.807) is 0 Å². The summed E-state index contributed by atoms with van der Waals surface area (Å²) in [5.74, 6) is 0.570. The number of nitrogens with zero attached hydrogens (tertiary/aromatic N) is 3. The van der Waals surface area contributed by atoms with Crippen LogP contribution in [0, 0.1) is 6.92 Å². The zero-order valence-electron chi connectivity index (χ0n) is 10.6. The van der Waals surface area contributed by atoms with Gasteiger partial charge in [0.1, 0.15) is 5.69 Å². The number of morpholine rings is 1. The van der Waals surface area contributed by atoms with E-state index in [2.05, 4.69) is 25.4 Å². The van der Waals surface area contributed by atoms with Crippen LogP contribution in [0.1, 0.15) is 12.1 Å². The summed E-state index contributed by atoms with van der Waals surface area (Å²) in [6.45, 7) is 7.29. The van der Waals surface area contributed by atoms with Crippen LogP contribution in [0.4, 0.5) is 5.82 Å². The van der Waals surface area contributed by atoms with E-state index in [1.807, 2.05) is 6.92 Å². The van der Waals surface area contributed by atoms with Crippen LogP contribution in [-0.4, -0.2) is 59.5 Å². The topological polar surface area (TPSA) is 83.1 Å². The molecule has 1 aliphatic heterocycles. The molecule has 0 aliphatic carbocycles. The second-order valence-corrected chi connectivity index (χ2v) is 4.31. The third kappa shape index (κ3) is 3.78. The van der Waals surface area contributed by atoms with E-state index in [9.17, 15) is 4.79 Å². The summed E-state index contributed by atoms with van der Waals surface area (Å²) in [6.07, 6.45) is 1.01. The number of aromatic amines is 1. The monoisotopic (exact) mass is 253 g/mol. The molecule has 1 aliphatic rings. The fraction of sp³-hybridized carbons (Fsp3) is 0.727.